The summed E-state index contributed by atoms with van der Waals surface area (Å²) in [6.45, 7) is -2.27. The van der Waals surface area contributed by atoms with Crippen molar-refractivity contribution >= 4 is 11.0 Å². The van der Waals surface area contributed by atoms with Gasteiger partial charge in [0.2, 0.25) is 0 Å². The van der Waals surface area contributed by atoms with E-state index in [2.05, 4.69) is 0 Å². The first-order chi connectivity index (χ1) is 19.4. The van der Waals surface area contributed by atoms with Gasteiger partial charge in [0.05, 0.1) is 25.4 Å². The van der Waals surface area contributed by atoms with Crippen LogP contribution in [0.5, 0.6) is 23.0 Å². The summed E-state index contributed by atoms with van der Waals surface area (Å²) in [6.07, 6.45) is -12.0. The van der Waals surface area contributed by atoms with E-state index < -0.39 is 108 Å². The van der Waals surface area contributed by atoms with Crippen LogP contribution >= 0.6 is 0 Å². The highest BCUT2D eigenvalue weighted by molar-refractivity contribution is 5.88. The fourth-order valence-electron chi connectivity index (χ4n) is 4.94. The lowest BCUT2D eigenvalue weighted by molar-refractivity contribution is -0.287. The number of aliphatic hydroxyl groups is 6. The molecule has 0 amide bonds. The Bertz CT molecular complexity index is 1500. The first-order valence-corrected chi connectivity index (χ1v) is 12.4. The number of rotatable bonds is 6. The Morgan fingerprint density at radius 1 is 0.951 bits per heavy atom. The Kier molecular flexibility index (Phi) is 7.58. The molecule has 222 valence electrons. The maximum Gasteiger partial charge on any atom is 0.197 e. The number of fused-ring (bicyclic) bond motifs is 1. The van der Waals surface area contributed by atoms with Crippen LogP contribution in [0, 0.1) is 0 Å². The van der Waals surface area contributed by atoms with Gasteiger partial charge in [-0.1, -0.05) is 0 Å². The first-order valence-electron chi connectivity index (χ1n) is 12.4. The smallest absolute Gasteiger partial charge is 0.197 e. The van der Waals surface area contributed by atoms with Gasteiger partial charge in [0.25, 0.3) is 0 Å². The maximum absolute atomic E-state index is 13.1. The van der Waals surface area contributed by atoms with E-state index in [0.717, 1.165) is 24.3 Å². The van der Waals surface area contributed by atoms with Gasteiger partial charge in [-0.05, 0) is 18.2 Å². The molecule has 10 N–H and O–H groups in total. The molecule has 2 saturated heterocycles. The fraction of sp³-hybridized carbons (Fsp3) is 0.423. The summed E-state index contributed by atoms with van der Waals surface area (Å²) in [6, 6.07) is 5.59. The second kappa shape index (κ2) is 10.7. The first kappa shape index (κ1) is 29.0. The van der Waals surface area contributed by atoms with E-state index in [9.17, 15) is 55.9 Å². The van der Waals surface area contributed by atoms with Gasteiger partial charge in [-0.25, -0.2) is 0 Å². The van der Waals surface area contributed by atoms with E-state index in [4.69, 9.17) is 18.6 Å². The average Bonchev–Trinajstić information content (AvgIpc) is 3.22. The van der Waals surface area contributed by atoms with Crippen LogP contribution in [-0.4, -0.2) is 113 Å². The number of hydrogen-bond donors (Lipinski definition) is 10. The molecule has 0 spiro atoms. The molecule has 2 aliphatic heterocycles. The minimum atomic E-state index is -2.11. The van der Waals surface area contributed by atoms with Crippen molar-refractivity contribution < 1.29 is 69.7 Å². The molecule has 0 radical (unpaired) electrons. The fourth-order valence-corrected chi connectivity index (χ4v) is 4.94. The van der Waals surface area contributed by atoms with Crippen LogP contribution in [0.4, 0.5) is 0 Å². The average molecular weight is 580 g/mol. The van der Waals surface area contributed by atoms with Gasteiger partial charge in [0, 0.05) is 17.7 Å². The summed E-state index contributed by atoms with van der Waals surface area (Å²) in [7, 11) is 0. The molecule has 3 heterocycles. The second-order valence-electron chi connectivity index (χ2n) is 9.96. The maximum atomic E-state index is 13.1. The number of aliphatic hydroxyl groups excluding tert-OH is 5. The van der Waals surface area contributed by atoms with E-state index in [-0.39, 0.29) is 16.9 Å². The van der Waals surface area contributed by atoms with Crippen molar-refractivity contribution in [3.05, 3.63) is 46.1 Å². The van der Waals surface area contributed by atoms with Gasteiger partial charge in [-0.3, -0.25) is 4.79 Å². The highest BCUT2D eigenvalue weighted by Gasteiger charge is 2.53. The largest absolute Gasteiger partial charge is 0.507 e. The van der Waals surface area contributed by atoms with Crippen molar-refractivity contribution in [3.8, 4) is 34.3 Å². The summed E-state index contributed by atoms with van der Waals surface area (Å²) in [5.74, 6) is -2.55. The van der Waals surface area contributed by atoms with E-state index in [1.807, 2.05) is 0 Å². The lowest BCUT2D eigenvalue weighted by atomic mass is 9.89. The Balaban J connectivity index is 1.59. The Morgan fingerprint density at radius 2 is 1.68 bits per heavy atom. The van der Waals surface area contributed by atoms with E-state index in [0.29, 0.717) is 0 Å². The highest BCUT2D eigenvalue weighted by Crippen LogP contribution is 2.46. The molecular formula is C26H28O15. The number of phenolic OH excluding ortho intramolecular Hbond substituents is 4. The van der Waals surface area contributed by atoms with E-state index in [1.165, 1.54) is 6.07 Å². The van der Waals surface area contributed by atoms with Crippen molar-refractivity contribution in [2.75, 3.05) is 19.8 Å². The van der Waals surface area contributed by atoms with Crippen LogP contribution in [0.2, 0.25) is 0 Å². The predicted octanol–water partition coefficient (Wildman–Crippen LogP) is -1.74. The van der Waals surface area contributed by atoms with Crippen molar-refractivity contribution in [1.29, 1.82) is 0 Å². The van der Waals surface area contributed by atoms with Crippen LogP contribution in [-0.2, 0) is 14.2 Å². The molecule has 2 fully saturated rings. The molecule has 15 nitrogen and oxygen atoms in total. The lowest BCUT2D eigenvalue weighted by Gasteiger charge is -2.43. The van der Waals surface area contributed by atoms with Gasteiger partial charge in [-0.15, -0.1) is 0 Å². The van der Waals surface area contributed by atoms with Crippen LogP contribution in [0.3, 0.4) is 0 Å². The minimum Gasteiger partial charge on any atom is -0.507 e. The van der Waals surface area contributed by atoms with Crippen LogP contribution in [0.15, 0.2) is 39.5 Å². The van der Waals surface area contributed by atoms with Gasteiger partial charge in [0.15, 0.2) is 23.2 Å². The third-order valence-electron chi connectivity index (χ3n) is 7.29. The van der Waals surface area contributed by atoms with Crippen LogP contribution in [0.25, 0.3) is 22.3 Å². The van der Waals surface area contributed by atoms with Crippen molar-refractivity contribution in [3.63, 3.8) is 0 Å². The number of phenols is 4. The highest BCUT2D eigenvalue weighted by atomic mass is 16.7. The van der Waals surface area contributed by atoms with Crippen molar-refractivity contribution in [1.82, 2.24) is 0 Å². The Hall–Kier alpha value is -3.51. The standard InChI is InChI=1S/C26H28O15/c27-6-16-19(33)21(35)23(41-25-24(36)26(37,7-28)8-38-25)22(40-16)18-13(32)5-15-17(20(18)34)12(31)4-14(39-15)9-1-2-10(29)11(30)3-9/h1-5,16,19,21-25,27-30,32-37H,6-8H2/t16?,19-,21+,22+,23?,24-,25+,26?/m1/s1. The van der Waals surface area contributed by atoms with Crippen LogP contribution < -0.4 is 5.43 Å². The predicted molar refractivity (Wildman–Crippen MR) is 134 cm³/mol. The molecule has 1 aromatic heterocycles. The molecule has 0 aliphatic carbocycles. The topological polar surface area (TPSA) is 260 Å². The normalized spacial score (nSPS) is 32.0. The number of hydrogen-bond acceptors (Lipinski definition) is 15. The summed E-state index contributed by atoms with van der Waals surface area (Å²) < 4.78 is 22.2. The minimum absolute atomic E-state index is 0.0814. The third-order valence-corrected chi connectivity index (χ3v) is 7.29. The summed E-state index contributed by atoms with van der Waals surface area (Å²) in [4.78, 5) is 13.1. The molecule has 2 aliphatic rings. The summed E-state index contributed by atoms with van der Waals surface area (Å²) in [5.41, 5.74) is -3.52. The van der Waals surface area contributed by atoms with E-state index in [1.54, 1.807) is 0 Å². The van der Waals surface area contributed by atoms with E-state index >= 15 is 0 Å². The molecule has 3 aromatic rings. The number of ether oxygens (including phenoxy) is 3. The molecule has 5 rings (SSSR count). The quantitative estimate of drug-likeness (QED) is 0.145. The van der Waals surface area contributed by atoms with Crippen molar-refractivity contribution in [2.24, 2.45) is 0 Å². The second-order valence-corrected chi connectivity index (χ2v) is 9.96. The van der Waals surface area contributed by atoms with Gasteiger partial charge in [-0.2, -0.15) is 0 Å². The third kappa shape index (κ3) is 4.86. The number of aromatic hydroxyl groups is 4. The van der Waals surface area contributed by atoms with Crippen LogP contribution in [0.1, 0.15) is 11.7 Å². The zero-order valence-corrected chi connectivity index (χ0v) is 21.1. The molecular weight excluding hydrogens is 552 g/mol. The molecule has 41 heavy (non-hydrogen) atoms. The molecule has 15 heteroatoms. The monoisotopic (exact) mass is 580 g/mol. The zero-order valence-electron chi connectivity index (χ0n) is 21.1. The summed E-state index contributed by atoms with van der Waals surface area (Å²) >= 11 is 0. The molecule has 8 atom stereocenters. The number of benzene rings is 2. The summed E-state index contributed by atoms with van der Waals surface area (Å²) in [5, 5.41) is 102. The van der Waals surface area contributed by atoms with Gasteiger partial charge in [0.1, 0.15) is 70.5 Å². The molecule has 0 bridgehead atoms. The Labute approximate surface area is 229 Å². The lowest BCUT2D eigenvalue weighted by Crippen LogP contribution is -2.58. The Morgan fingerprint density at radius 3 is 2.32 bits per heavy atom. The SMILES string of the molecule is O=c1cc(-c2ccc(O)c(O)c2)oc2cc(O)c([C@@H]3OC(CO)[C@@H](O)[C@H](O)C3O[C@@H]3OCC(O)(CO)[C@@H]3O)c(O)c12. The molecule has 3 unspecified atom stereocenters. The zero-order chi connectivity index (χ0) is 29.8. The van der Waals surface area contributed by atoms with Gasteiger partial charge >= 0.3 is 0 Å². The molecule has 2 aromatic carbocycles. The van der Waals surface area contributed by atoms with Gasteiger partial charge < -0.3 is 69.7 Å². The molecule has 0 saturated carbocycles. The van der Waals surface area contributed by atoms with Crippen molar-refractivity contribution in [2.45, 2.75) is 48.5 Å².